The molecule has 0 unspecified atom stereocenters. The molecule has 3 aromatic carbocycles. The summed E-state index contributed by atoms with van der Waals surface area (Å²) in [7, 11) is 0. The van der Waals surface area contributed by atoms with Gasteiger partial charge in [-0.15, -0.1) is 0 Å². The molecule has 0 spiro atoms. The van der Waals surface area contributed by atoms with Gasteiger partial charge in [0.2, 0.25) is 0 Å². The number of hydrogen-bond donors (Lipinski definition) is 0. The highest BCUT2D eigenvalue weighted by atomic mass is 15.1. The first-order chi connectivity index (χ1) is 16.2. The van der Waals surface area contributed by atoms with Crippen LogP contribution in [0.25, 0.3) is 16.3 Å². The summed E-state index contributed by atoms with van der Waals surface area (Å²) in [5.41, 5.74) is 10.6. The van der Waals surface area contributed by atoms with Crippen LogP contribution >= 0.6 is 0 Å². The molecule has 1 aliphatic heterocycles. The van der Waals surface area contributed by atoms with Crippen molar-refractivity contribution in [2.24, 2.45) is 5.92 Å². The second-order valence-corrected chi connectivity index (χ2v) is 10.5. The van der Waals surface area contributed by atoms with Gasteiger partial charge in [-0.25, -0.2) is 0 Å². The van der Waals surface area contributed by atoms with Crippen molar-refractivity contribution < 1.29 is 0 Å². The lowest BCUT2D eigenvalue weighted by molar-refractivity contribution is 0.185. The first-order valence-corrected chi connectivity index (χ1v) is 13.0. The molecule has 0 atom stereocenters. The smallest absolute Gasteiger partial charge is 0.0233 e. The third-order valence-corrected chi connectivity index (χ3v) is 8.18. The van der Waals surface area contributed by atoms with Crippen molar-refractivity contribution >= 4 is 16.3 Å². The molecule has 168 valence electrons. The SMILES string of the molecule is CC1CCN(Cc2ccc(Cc3cccc4ccc5c(c34)CCC3=C5C=CCC3)cc2)CC1. The normalized spacial score (nSPS) is 19.1. The molecular weight excluding hydrogens is 398 g/mol. The van der Waals surface area contributed by atoms with E-state index in [4.69, 9.17) is 0 Å². The van der Waals surface area contributed by atoms with Gasteiger partial charge in [-0.1, -0.05) is 79.2 Å². The summed E-state index contributed by atoms with van der Waals surface area (Å²) in [5, 5.41) is 2.90. The van der Waals surface area contributed by atoms with Crippen molar-refractivity contribution in [2.45, 2.75) is 58.4 Å². The van der Waals surface area contributed by atoms with Gasteiger partial charge in [0.15, 0.2) is 0 Å². The monoisotopic (exact) mass is 433 g/mol. The lowest BCUT2D eigenvalue weighted by Crippen LogP contribution is -2.32. The number of nitrogens with zero attached hydrogens (tertiary/aromatic N) is 1. The number of allylic oxidation sites excluding steroid dienone is 4. The Labute approximate surface area is 198 Å². The maximum Gasteiger partial charge on any atom is 0.0233 e. The molecule has 1 nitrogen and oxygen atoms in total. The fourth-order valence-corrected chi connectivity index (χ4v) is 6.18. The number of likely N-dealkylation sites (tertiary alicyclic amines) is 1. The minimum absolute atomic E-state index is 0.895. The van der Waals surface area contributed by atoms with Crippen molar-refractivity contribution in [3.8, 4) is 0 Å². The molecule has 1 heterocycles. The Bertz CT molecular complexity index is 1220. The van der Waals surface area contributed by atoms with E-state index in [9.17, 15) is 0 Å². The highest BCUT2D eigenvalue weighted by Crippen LogP contribution is 2.41. The van der Waals surface area contributed by atoms with E-state index in [0.29, 0.717) is 0 Å². The van der Waals surface area contributed by atoms with E-state index in [2.05, 4.69) is 78.6 Å². The summed E-state index contributed by atoms with van der Waals surface area (Å²) in [4.78, 5) is 2.62. The molecule has 3 aromatic rings. The molecule has 0 bridgehead atoms. The van der Waals surface area contributed by atoms with E-state index in [-0.39, 0.29) is 0 Å². The number of aryl methyl sites for hydroxylation is 1. The second kappa shape index (κ2) is 8.95. The molecule has 0 saturated carbocycles. The van der Waals surface area contributed by atoms with Gasteiger partial charge >= 0.3 is 0 Å². The number of piperidine rings is 1. The van der Waals surface area contributed by atoms with Crippen LogP contribution in [0.3, 0.4) is 0 Å². The zero-order valence-electron chi connectivity index (χ0n) is 19.9. The van der Waals surface area contributed by atoms with E-state index in [1.54, 1.807) is 11.1 Å². The molecule has 1 fully saturated rings. The third kappa shape index (κ3) is 4.20. The Morgan fingerprint density at radius 1 is 0.848 bits per heavy atom. The number of fused-ring (bicyclic) bond motifs is 4. The average Bonchev–Trinajstić information content (AvgIpc) is 2.86. The molecule has 0 N–H and O–H groups in total. The summed E-state index contributed by atoms with van der Waals surface area (Å²) in [5.74, 6) is 0.895. The van der Waals surface area contributed by atoms with Crippen LogP contribution in [0.5, 0.6) is 0 Å². The van der Waals surface area contributed by atoms with E-state index < -0.39 is 0 Å². The minimum atomic E-state index is 0.895. The molecule has 0 amide bonds. The Morgan fingerprint density at radius 2 is 1.67 bits per heavy atom. The molecule has 2 aliphatic carbocycles. The number of rotatable bonds is 4. The van der Waals surface area contributed by atoms with Crippen molar-refractivity contribution in [1.29, 1.82) is 0 Å². The van der Waals surface area contributed by atoms with Crippen LogP contribution in [0.4, 0.5) is 0 Å². The highest BCUT2D eigenvalue weighted by Gasteiger charge is 2.22. The number of benzene rings is 3. The largest absolute Gasteiger partial charge is 0.299 e. The maximum atomic E-state index is 2.62. The van der Waals surface area contributed by atoms with Gasteiger partial charge in [0.1, 0.15) is 0 Å². The molecular formula is C32H35N. The van der Waals surface area contributed by atoms with Gasteiger partial charge in [0.05, 0.1) is 0 Å². The fourth-order valence-electron chi connectivity index (χ4n) is 6.18. The highest BCUT2D eigenvalue weighted by molar-refractivity contribution is 5.96. The van der Waals surface area contributed by atoms with Crippen LogP contribution in [-0.4, -0.2) is 18.0 Å². The second-order valence-electron chi connectivity index (χ2n) is 10.5. The van der Waals surface area contributed by atoms with Crippen molar-refractivity contribution in [2.75, 3.05) is 13.1 Å². The summed E-state index contributed by atoms with van der Waals surface area (Å²) in [6, 6.07) is 21.1. The van der Waals surface area contributed by atoms with Gasteiger partial charge in [-0.2, -0.15) is 0 Å². The van der Waals surface area contributed by atoms with E-state index >= 15 is 0 Å². The Kier molecular flexibility index (Phi) is 5.68. The first-order valence-electron chi connectivity index (χ1n) is 13.0. The van der Waals surface area contributed by atoms with Gasteiger partial charge in [-0.05, 0) is 108 Å². The summed E-state index contributed by atoms with van der Waals surface area (Å²) in [6.45, 7) is 5.98. The standard InChI is InChI=1S/C32H35N/c1-23-17-19-33(20-18-23)22-25-11-9-24(10-12-25)21-28-7-4-6-27-14-15-30-29-8-3-2-5-26(29)13-16-31(30)32(27)28/h3-4,6-12,14-15,23H,2,5,13,16-22H2,1H3. The van der Waals surface area contributed by atoms with Gasteiger partial charge < -0.3 is 0 Å². The van der Waals surface area contributed by atoms with Crippen LogP contribution in [0.1, 0.15) is 66.8 Å². The summed E-state index contributed by atoms with van der Waals surface area (Å²) in [6.07, 6.45) is 13.3. The first kappa shape index (κ1) is 20.9. The summed E-state index contributed by atoms with van der Waals surface area (Å²) < 4.78 is 0. The van der Waals surface area contributed by atoms with Gasteiger partial charge in [0.25, 0.3) is 0 Å². The van der Waals surface area contributed by atoms with Crippen LogP contribution in [0.15, 0.2) is 72.3 Å². The number of hydrogen-bond acceptors (Lipinski definition) is 1. The molecule has 0 aromatic heterocycles. The molecule has 1 saturated heterocycles. The van der Waals surface area contributed by atoms with E-state index in [1.165, 1.54) is 90.2 Å². The van der Waals surface area contributed by atoms with Crippen molar-refractivity contribution in [3.63, 3.8) is 0 Å². The predicted octanol–water partition coefficient (Wildman–Crippen LogP) is 7.71. The van der Waals surface area contributed by atoms with Crippen LogP contribution in [0.2, 0.25) is 0 Å². The third-order valence-electron chi connectivity index (χ3n) is 8.18. The summed E-state index contributed by atoms with van der Waals surface area (Å²) >= 11 is 0. The average molecular weight is 434 g/mol. The lowest BCUT2D eigenvalue weighted by Gasteiger charge is -2.30. The Balaban J connectivity index is 1.27. The Hall–Kier alpha value is -2.64. The topological polar surface area (TPSA) is 3.24 Å². The zero-order chi connectivity index (χ0) is 22.2. The zero-order valence-corrected chi connectivity index (χ0v) is 19.9. The maximum absolute atomic E-state index is 2.62. The van der Waals surface area contributed by atoms with Gasteiger partial charge in [0, 0.05) is 6.54 Å². The molecule has 0 radical (unpaired) electrons. The van der Waals surface area contributed by atoms with Gasteiger partial charge in [-0.3, -0.25) is 4.90 Å². The lowest BCUT2D eigenvalue weighted by atomic mass is 9.78. The fraction of sp³-hybridized carbons (Fsp3) is 0.375. The van der Waals surface area contributed by atoms with E-state index in [0.717, 1.165) is 18.9 Å². The van der Waals surface area contributed by atoms with Crippen LogP contribution in [0, 0.1) is 5.92 Å². The van der Waals surface area contributed by atoms with Crippen LogP contribution < -0.4 is 0 Å². The minimum Gasteiger partial charge on any atom is -0.299 e. The molecule has 3 aliphatic rings. The van der Waals surface area contributed by atoms with Crippen molar-refractivity contribution in [1.82, 2.24) is 4.90 Å². The predicted molar refractivity (Wildman–Crippen MR) is 140 cm³/mol. The quantitative estimate of drug-likeness (QED) is 0.407. The Morgan fingerprint density at radius 3 is 2.52 bits per heavy atom. The molecule has 6 rings (SSSR count). The van der Waals surface area contributed by atoms with E-state index in [1.807, 2.05) is 0 Å². The molecule has 33 heavy (non-hydrogen) atoms. The molecule has 1 heteroatoms. The van der Waals surface area contributed by atoms with Crippen molar-refractivity contribution in [3.05, 3.63) is 100 Å². The van der Waals surface area contributed by atoms with Crippen LogP contribution in [-0.2, 0) is 19.4 Å².